The molecule has 0 bridgehead atoms. The Labute approximate surface area is 175 Å². The van der Waals surface area contributed by atoms with Crippen LogP contribution in [-0.2, 0) is 12.7 Å². The second kappa shape index (κ2) is 9.84. The number of amides is 2. The van der Waals surface area contributed by atoms with Gasteiger partial charge in [0.15, 0.2) is 0 Å². The molecule has 0 aliphatic carbocycles. The molecule has 2 aromatic carbocycles. The molecule has 8 heteroatoms. The minimum Gasteiger partial charge on any atom is -0.394 e. The van der Waals surface area contributed by atoms with E-state index < -0.39 is 23.8 Å². The van der Waals surface area contributed by atoms with Gasteiger partial charge in [-0.3, -0.25) is 0 Å². The SMILES string of the molecule is CC(C)[C@@H](CO)N(Cc1ccccc1)C(=O)Nc1ccc(N(C)C)cc1C(F)(F)F. The maximum Gasteiger partial charge on any atom is 0.418 e. The summed E-state index contributed by atoms with van der Waals surface area (Å²) in [4.78, 5) is 16.0. The number of nitrogens with one attached hydrogen (secondary N) is 1. The Balaban J connectivity index is 2.39. The van der Waals surface area contributed by atoms with Gasteiger partial charge in [-0.1, -0.05) is 44.2 Å². The Kier molecular flexibility index (Phi) is 7.72. The fourth-order valence-electron chi connectivity index (χ4n) is 3.13. The Morgan fingerprint density at radius 3 is 2.23 bits per heavy atom. The topological polar surface area (TPSA) is 55.8 Å². The maximum absolute atomic E-state index is 13.6. The molecule has 0 spiro atoms. The first-order chi connectivity index (χ1) is 14.0. The van der Waals surface area contributed by atoms with Crippen LogP contribution in [0.25, 0.3) is 0 Å². The van der Waals surface area contributed by atoms with Crippen LogP contribution in [-0.4, -0.2) is 42.8 Å². The van der Waals surface area contributed by atoms with Crippen molar-refractivity contribution >= 4 is 17.4 Å². The van der Waals surface area contributed by atoms with Gasteiger partial charge in [0.05, 0.1) is 23.9 Å². The number of anilines is 2. The van der Waals surface area contributed by atoms with E-state index >= 15 is 0 Å². The van der Waals surface area contributed by atoms with Gasteiger partial charge < -0.3 is 20.2 Å². The standard InChI is InChI=1S/C22H28F3N3O2/c1-15(2)20(14-29)28(13-16-8-6-5-7-9-16)21(30)26-19-11-10-17(27(3)4)12-18(19)22(23,24)25/h5-12,15,20,29H,13-14H2,1-4H3,(H,26,30)/t20-/m1/s1. The second-order valence-electron chi connectivity index (χ2n) is 7.66. The van der Waals surface area contributed by atoms with Gasteiger partial charge in [0.1, 0.15) is 0 Å². The maximum atomic E-state index is 13.6. The lowest BCUT2D eigenvalue weighted by Crippen LogP contribution is -2.47. The van der Waals surface area contributed by atoms with Crippen molar-refractivity contribution < 1.29 is 23.1 Å². The predicted octanol–water partition coefficient (Wildman–Crippen LogP) is 4.82. The lowest BCUT2D eigenvalue weighted by atomic mass is 10.0. The number of halogens is 3. The van der Waals surface area contributed by atoms with Crippen molar-refractivity contribution in [3.05, 3.63) is 59.7 Å². The fourth-order valence-corrected chi connectivity index (χ4v) is 3.13. The zero-order valence-electron chi connectivity index (χ0n) is 17.6. The molecule has 2 aromatic rings. The summed E-state index contributed by atoms with van der Waals surface area (Å²) >= 11 is 0. The quantitative estimate of drug-likeness (QED) is 0.671. The van der Waals surface area contributed by atoms with Gasteiger partial charge in [0.2, 0.25) is 0 Å². The molecule has 164 valence electrons. The molecule has 0 saturated carbocycles. The summed E-state index contributed by atoms with van der Waals surface area (Å²) in [6, 6.07) is 11.6. The molecule has 2 N–H and O–H groups in total. The van der Waals surface area contributed by atoms with E-state index in [2.05, 4.69) is 5.32 Å². The zero-order chi connectivity index (χ0) is 22.5. The van der Waals surface area contributed by atoms with Crippen LogP contribution in [0.15, 0.2) is 48.5 Å². The van der Waals surface area contributed by atoms with E-state index in [9.17, 15) is 23.1 Å². The van der Waals surface area contributed by atoms with E-state index in [4.69, 9.17) is 0 Å². The van der Waals surface area contributed by atoms with Gasteiger partial charge in [-0.2, -0.15) is 13.2 Å². The lowest BCUT2D eigenvalue weighted by Gasteiger charge is -2.33. The average Bonchev–Trinajstić information content (AvgIpc) is 2.67. The number of hydrogen-bond donors (Lipinski definition) is 2. The van der Waals surface area contributed by atoms with Crippen molar-refractivity contribution in [2.45, 2.75) is 32.6 Å². The smallest absolute Gasteiger partial charge is 0.394 e. The molecule has 0 aliphatic rings. The van der Waals surface area contributed by atoms with E-state index in [-0.39, 0.29) is 24.8 Å². The summed E-state index contributed by atoms with van der Waals surface area (Å²) < 4.78 is 40.9. The van der Waals surface area contributed by atoms with Gasteiger partial charge in [0.25, 0.3) is 0 Å². The van der Waals surface area contributed by atoms with Crippen molar-refractivity contribution in [1.29, 1.82) is 0 Å². The van der Waals surface area contributed by atoms with Crippen molar-refractivity contribution in [3.63, 3.8) is 0 Å². The van der Waals surface area contributed by atoms with E-state index in [1.807, 2.05) is 44.2 Å². The molecular weight excluding hydrogens is 395 g/mol. The van der Waals surface area contributed by atoms with Crippen molar-refractivity contribution in [1.82, 2.24) is 4.90 Å². The highest BCUT2D eigenvalue weighted by Crippen LogP contribution is 2.37. The molecule has 0 heterocycles. The highest BCUT2D eigenvalue weighted by molar-refractivity contribution is 5.91. The third kappa shape index (κ3) is 5.89. The molecule has 2 rings (SSSR count). The van der Waals surface area contributed by atoms with Crippen LogP contribution in [0.3, 0.4) is 0 Å². The van der Waals surface area contributed by atoms with E-state index in [1.54, 1.807) is 19.0 Å². The number of benzene rings is 2. The highest BCUT2D eigenvalue weighted by Gasteiger charge is 2.35. The summed E-state index contributed by atoms with van der Waals surface area (Å²) in [6.45, 7) is 3.55. The summed E-state index contributed by atoms with van der Waals surface area (Å²) in [5.74, 6) is -0.0948. The van der Waals surface area contributed by atoms with Crippen LogP contribution in [0.2, 0.25) is 0 Å². The summed E-state index contributed by atoms with van der Waals surface area (Å²) in [7, 11) is 3.29. The molecule has 0 saturated heterocycles. The molecule has 2 amide bonds. The molecule has 0 aromatic heterocycles. The van der Waals surface area contributed by atoms with Crippen molar-refractivity contribution in [2.75, 3.05) is 30.9 Å². The van der Waals surface area contributed by atoms with E-state index in [0.717, 1.165) is 11.6 Å². The number of aliphatic hydroxyl groups is 1. The van der Waals surface area contributed by atoms with Crippen LogP contribution in [0.4, 0.5) is 29.3 Å². The molecule has 1 atom stereocenters. The van der Waals surface area contributed by atoms with Crippen molar-refractivity contribution in [3.8, 4) is 0 Å². The molecule has 0 aliphatic heterocycles. The fraction of sp³-hybridized carbons (Fsp3) is 0.409. The Bertz CT molecular complexity index is 839. The van der Waals surface area contributed by atoms with Gasteiger partial charge in [-0.25, -0.2) is 4.79 Å². The molecule has 5 nitrogen and oxygen atoms in total. The normalized spacial score (nSPS) is 12.6. The first-order valence-corrected chi connectivity index (χ1v) is 9.65. The first kappa shape index (κ1) is 23.5. The van der Waals surface area contributed by atoms with Crippen LogP contribution < -0.4 is 10.2 Å². The third-order valence-corrected chi connectivity index (χ3v) is 4.88. The minimum atomic E-state index is -4.63. The summed E-state index contributed by atoms with van der Waals surface area (Å²) in [6.07, 6.45) is -4.63. The average molecular weight is 423 g/mol. The van der Waals surface area contributed by atoms with Gasteiger partial charge in [0, 0.05) is 26.3 Å². The van der Waals surface area contributed by atoms with Crippen LogP contribution in [0.1, 0.15) is 25.0 Å². The monoisotopic (exact) mass is 423 g/mol. The molecule has 0 radical (unpaired) electrons. The first-order valence-electron chi connectivity index (χ1n) is 9.65. The van der Waals surface area contributed by atoms with E-state index in [1.165, 1.54) is 17.0 Å². The second-order valence-corrected chi connectivity index (χ2v) is 7.66. The lowest BCUT2D eigenvalue weighted by molar-refractivity contribution is -0.136. The van der Waals surface area contributed by atoms with Crippen LogP contribution >= 0.6 is 0 Å². The van der Waals surface area contributed by atoms with Crippen molar-refractivity contribution in [2.24, 2.45) is 5.92 Å². The summed E-state index contributed by atoms with van der Waals surface area (Å²) in [5, 5.41) is 12.2. The number of urea groups is 1. The largest absolute Gasteiger partial charge is 0.418 e. The predicted molar refractivity (Wildman–Crippen MR) is 112 cm³/mol. The number of carbonyl (C=O) groups is 1. The Hall–Kier alpha value is -2.74. The Morgan fingerprint density at radius 2 is 1.73 bits per heavy atom. The Morgan fingerprint density at radius 1 is 1.10 bits per heavy atom. The number of carbonyl (C=O) groups excluding carboxylic acids is 1. The number of hydrogen-bond acceptors (Lipinski definition) is 3. The van der Waals surface area contributed by atoms with Gasteiger partial charge in [-0.05, 0) is 29.7 Å². The number of alkyl halides is 3. The molecular formula is C22H28F3N3O2. The molecule has 0 unspecified atom stereocenters. The van der Waals surface area contributed by atoms with Gasteiger partial charge >= 0.3 is 12.2 Å². The number of rotatable bonds is 7. The third-order valence-electron chi connectivity index (χ3n) is 4.88. The van der Waals surface area contributed by atoms with Crippen LogP contribution in [0.5, 0.6) is 0 Å². The van der Waals surface area contributed by atoms with Gasteiger partial charge in [-0.15, -0.1) is 0 Å². The molecule has 0 fully saturated rings. The minimum absolute atomic E-state index is 0.0948. The van der Waals surface area contributed by atoms with Crippen LogP contribution in [0, 0.1) is 5.92 Å². The molecule has 30 heavy (non-hydrogen) atoms. The number of nitrogens with zero attached hydrogens (tertiary/aromatic N) is 2. The zero-order valence-corrected chi connectivity index (χ0v) is 17.6. The highest BCUT2D eigenvalue weighted by atomic mass is 19.4. The summed E-state index contributed by atoms with van der Waals surface area (Å²) in [5.41, 5.74) is -0.0638. The van der Waals surface area contributed by atoms with E-state index in [0.29, 0.717) is 5.69 Å². The number of aliphatic hydroxyl groups excluding tert-OH is 1.